The first-order valence-electron chi connectivity index (χ1n) is 3.79. The molecule has 0 aliphatic rings. The fraction of sp³-hybridized carbons (Fsp3) is 0. The van der Waals surface area contributed by atoms with E-state index in [9.17, 15) is 5.11 Å². The molecule has 4 nitrogen and oxygen atoms in total. The third kappa shape index (κ3) is 1.33. The summed E-state index contributed by atoms with van der Waals surface area (Å²) in [6, 6.07) is 4.55. The molecule has 1 aromatic carbocycles. The van der Waals surface area contributed by atoms with E-state index >= 15 is 0 Å². The second-order valence-electron chi connectivity index (χ2n) is 2.64. The number of benzene rings is 1. The molecule has 3 N–H and O–H groups in total. The van der Waals surface area contributed by atoms with Gasteiger partial charge in [0.15, 0.2) is 11.5 Å². The summed E-state index contributed by atoms with van der Waals surface area (Å²) in [5, 5.41) is 18.3. The van der Waals surface area contributed by atoms with Gasteiger partial charge >= 0.3 is 0 Å². The lowest BCUT2D eigenvalue weighted by molar-refractivity contribution is 0.404. The Balaban J connectivity index is 2.49. The molecule has 2 rings (SSSR count). The minimum absolute atomic E-state index is 0.129. The quantitative estimate of drug-likeness (QED) is 0.576. The average Bonchev–Trinajstić information content (AvgIpc) is 2.62. The first-order chi connectivity index (χ1) is 6.27. The van der Waals surface area contributed by atoms with Crippen LogP contribution in [0.2, 0.25) is 0 Å². The monoisotopic (exact) mass is 176 g/mol. The highest BCUT2D eigenvalue weighted by molar-refractivity contribution is 5.60. The van der Waals surface area contributed by atoms with Gasteiger partial charge in [-0.3, -0.25) is 0 Å². The zero-order chi connectivity index (χ0) is 9.26. The number of hydrogen-bond donors (Lipinski definition) is 3. The van der Waals surface area contributed by atoms with Gasteiger partial charge in [-0.2, -0.15) is 0 Å². The van der Waals surface area contributed by atoms with Gasteiger partial charge in [0.05, 0.1) is 0 Å². The fourth-order valence-corrected chi connectivity index (χ4v) is 1.09. The van der Waals surface area contributed by atoms with Crippen molar-refractivity contribution in [3.8, 4) is 22.9 Å². The zero-order valence-corrected chi connectivity index (χ0v) is 6.73. The maximum Gasteiger partial charge on any atom is 0.158 e. The summed E-state index contributed by atoms with van der Waals surface area (Å²) in [5.74, 6) is 0.388. The van der Waals surface area contributed by atoms with Crippen molar-refractivity contribution in [2.75, 3.05) is 0 Å². The van der Waals surface area contributed by atoms with Crippen LogP contribution in [-0.2, 0) is 0 Å². The lowest BCUT2D eigenvalue weighted by Crippen LogP contribution is -1.79. The van der Waals surface area contributed by atoms with Crippen LogP contribution in [0.3, 0.4) is 0 Å². The van der Waals surface area contributed by atoms with Gasteiger partial charge in [-0.1, -0.05) is 0 Å². The molecule has 66 valence electrons. The predicted octanol–water partition coefficient (Wildman–Crippen LogP) is 1.49. The van der Waals surface area contributed by atoms with Gasteiger partial charge in [0.2, 0.25) is 0 Å². The van der Waals surface area contributed by atoms with Crippen molar-refractivity contribution in [2.45, 2.75) is 0 Å². The Hall–Kier alpha value is -1.97. The smallest absolute Gasteiger partial charge is 0.158 e. The summed E-state index contributed by atoms with van der Waals surface area (Å²) in [7, 11) is 0. The number of phenolic OH excluding ortho intramolecular Hbond substituents is 2. The van der Waals surface area contributed by atoms with E-state index in [-0.39, 0.29) is 11.5 Å². The minimum Gasteiger partial charge on any atom is -0.504 e. The summed E-state index contributed by atoms with van der Waals surface area (Å²) in [5.41, 5.74) is 0.736. The molecular weight excluding hydrogens is 168 g/mol. The molecule has 0 aliphatic heterocycles. The summed E-state index contributed by atoms with van der Waals surface area (Å²) in [6.45, 7) is 0. The first kappa shape index (κ1) is 7.67. The van der Waals surface area contributed by atoms with Crippen LogP contribution in [0.5, 0.6) is 11.5 Å². The van der Waals surface area contributed by atoms with Gasteiger partial charge in [0.1, 0.15) is 5.82 Å². The third-order valence-corrected chi connectivity index (χ3v) is 1.75. The Labute approximate surface area is 74.5 Å². The molecule has 0 fully saturated rings. The Bertz CT molecular complexity index is 410. The van der Waals surface area contributed by atoms with E-state index in [0.29, 0.717) is 5.82 Å². The average molecular weight is 176 g/mol. The molecule has 1 aromatic heterocycles. The minimum atomic E-state index is -0.145. The molecular formula is C9H8N2O2. The maximum absolute atomic E-state index is 9.21. The maximum atomic E-state index is 9.21. The van der Waals surface area contributed by atoms with Crippen LogP contribution < -0.4 is 0 Å². The number of aromatic hydroxyl groups is 2. The SMILES string of the molecule is Oc1ccc(-c2ncc[nH]2)cc1O. The summed E-state index contributed by atoms with van der Waals surface area (Å²) < 4.78 is 0. The van der Waals surface area contributed by atoms with E-state index in [4.69, 9.17) is 5.11 Å². The van der Waals surface area contributed by atoms with E-state index in [1.807, 2.05) is 0 Å². The number of aromatic amines is 1. The number of imidazole rings is 1. The van der Waals surface area contributed by atoms with Gasteiger partial charge in [0.25, 0.3) is 0 Å². The first-order valence-corrected chi connectivity index (χ1v) is 3.79. The number of nitrogens with zero attached hydrogens (tertiary/aromatic N) is 1. The van der Waals surface area contributed by atoms with Crippen molar-refractivity contribution >= 4 is 0 Å². The molecule has 0 aliphatic carbocycles. The largest absolute Gasteiger partial charge is 0.504 e. The number of phenols is 2. The lowest BCUT2D eigenvalue weighted by Gasteiger charge is -1.99. The molecule has 0 radical (unpaired) electrons. The molecule has 0 atom stereocenters. The van der Waals surface area contributed by atoms with E-state index in [2.05, 4.69) is 9.97 Å². The molecule has 0 unspecified atom stereocenters. The van der Waals surface area contributed by atoms with E-state index in [0.717, 1.165) is 5.56 Å². The lowest BCUT2D eigenvalue weighted by atomic mass is 10.2. The number of hydrogen-bond acceptors (Lipinski definition) is 3. The van der Waals surface area contributed by atoms with Crippen molar-refractivity contribution in [3.05, 3.63) is 30.6 Å². The van der Waals surface area contributed by atoms with Crippen molar-refractivity contribution in [1.82, 2.24) is 9.97 Å². The molecule has 0 saturated heterocycles. The number of H-pyrrole nitrogens is 1. The second-order valence-corrected chi connectivity index (χ2v) is 2.64. The second kappa shape index (κ2) is 2.82. The highest BCUT2D eigenvalue weighted by Crippen LogP contribution is 2.28. The van der Waals surface area contributed by atoms with Crippen LogP contribution in [-0.4, -0.2) is 20.2 Å². The molecule has 0 bridgehead atoms. The summed E-state index contributed by atoms with van der Waals surface area (Å²) in [4.78, 5) is 6.91. The van der Waals surface area contributed by atoms with Crippen LogP contribution in [0.4, 0.5) is 0 Å². The molecule has 0 amide bonds. The van der Waals surface area contributed by atoms with Crippen molar-refractivity contribution in [1.29, 1.82) is 0 Å². The Morgan fingerprint density at radius 1 is 1.15 bits per heavy atom. The van der Waals surface area contributed by atoms with E-state index in [1.54, 1.807) is 18.5 Å². The normalized spacial score (nSPS) is 10.2. The summed E-state index contributed by atoms with van der Waals surface area (Å²) >= 11 is 0. The number of aromatic nitrogens is 2. The van der Waals surface area contributed by atoms with Crippen LogP contribution in [0.15, 0.2) is 30.6 Å². The standard InChI is InChI=1S/C9H8N2O2/c12-7-2-1-6(5-8(7)13)9-10-3-4-11-9/h1-5,12-13H,(H,10,11). The fourth-order valence-electron chi connectivity index (χ4n) is 1.09. The van der Waals surface area contributed by atoms with Crippen molar-refractivity contribution in [3.63, 3.8) is 0 Å². The van der Waals surface area contributed by atoms with E-state index < -0.39 is 0 Å². The molecule has 2 aromatic rings. The predicted molar refractivity (Wildman–Crippen MR) is 47.4 cm³/mol. The zero-order valence-electron chi connectivity index (χ0n) is 6.73. The van der Waals surface area contributed by atoms with Crippen LogP contribution >= 0.6 is 0 Å². The molecule has 4 heteroatoms. The van der Waals surface area contributed by atoms with Gasteiger partial charge in [0, 0.05) is 18.0 Å². The summed E-state index contributed by atoms with van der Waals surface area (Å²) in [6.07, 6.45) is 3.32. The Morgan fingerprint density at radius 3 is 2.62 bits per heavy atom. The molecule has 0 saturated carbocycles. The van der Waals surface area contributed by atoms with Crippen LogP contribution in [0.1, 0.15) is 0 Å². The third-order valence-electron chi connectivity index (χ3n) is 1.75. The van der Waals surface area contributed by atoms with Gasteiger partial charge < -0.3 is 15.2 Å². The number of rotatable bonds is 1. The topological polar surface area (TPSA) is 69.1 Å². The van der Waals surface area contributed by atoms with Gasteiger partial charge in [-0.25, -0.2) is 4.98 Å². The van der Waals surface area contributed by atoms with Crippen LogP contribution in [0, 0.1) is 0 Å². The Kier molecular flexibility index (Phi) is 1.66. The molecule has 1 heterocycles. The highest BCUT2D eigenvalue weighted by Gasteiger charge is 2.03. The highest BCUT2D eigenvalue weighted by atomic mass is 16.3. The van der Waals surface area contributed by atoms with Crippen molar-refractivity contribution in [2.24, 2.45) is 0 Å². The van der Waals surface area contributed by atoms with Gasteiger partial charge in [-0.15, -0.1) is 0 Å². The Morgan fingerprint density at radius 2 is 2.00 bits per heavy atom. The molecule has 0 spiro atoms. The number of nitrogens with one attached hydrogen (secondary N) is 1. The van der Waals surface area contributed by atoms with E-state index in [1.165, 1.54) is 12.1 Å². The molecule has 13 heavy (non-hydrogen) atoms. The van der Waals surface area contributed by atoms with Crippen molar-refractivity contribution < 1.29 is 10.2 Å². The van der Waals surface area contributed by atoms with Gasteiger partial charge in [-0.05, 0) is 18.2 Å². The van der Waals surface area contributed by atoms with Crippen LogP contribution in [0.25, 0.3) is 11.4 Å².